The van der Waals surface area contributed by atoms with Crippen molar-refractivity contribution >= 4 is 17.7 Å². The molecule has 8 heteroatoms. The van der Waals surface area contributed by atoms with Gasteiger partial charge in [-0.3, -0.25) is 14.3 Å². The fraction of sp³-hybridized carbons (Fsp3) is 0.353. The van der Waals surface area contributed by atoms with Gasteiger partial charge in [0.05, 0.1) is 7.11 Å². The Balaban J connectivity index is 1.62. The molecule has 0 saturated carbocycles. The van der Waals surface area contributed by atoms with Gasteiger partial charge in [0.25, 0.3) is 5.91 Å². The van der Waals surface area contributed by atoms with Gasteiger partial charge in [-0.25, -0.2) is 0 Å². The first kappa shape index (κ1) is 16.8. The molecule has 0 bridgehead atoms. The van der Waals surface area contributed by atoms with Crippen LogP contribution in [0.3, 0.4) is 0 Å². The lowest BCUT2D eigenvalue weighted by molar-refractivity contribution is -0.140. The van der Waals surface area contributed by atoms with Crippen molar-refractivity contribution in [2.24, 2.45) is 0 Å². The minimum atomic E-state index is -0.280. The molecule has 1 aromatic heterocycles. The summed E-state index contributed by atoms with van der Waals surface area (Å²) in [6.45, 7) is 2.62. The first-order valence-electron chi connectivity index (χ1n) is 7.89. The van der Waals surface area contributed by atoms with Crippen molar-refractivity contribution in [2.45, 2.75) is 26.3 Å². The summed E-state index contributed by atoms with van der Waals surface area (Å²) in [5.41, 5.74) is 1.35. The lowest BCUT2D eigenvalue weighted by Gasteiger charge is -2.04. The Morgan fingerprint density at radius 1 is 1.28 bits per heavy atom. The number of amides is 1. The summed E-state index contributed by atoms with van der Waals surface area (Å²) >= 11 is 0. The first-order valence-corrected chi connectivity index (χ1v) is 7.89. The van der Waals surface area contributed by atoms with Gasteiger partial charge >= 0.3 is 5.97 Å². The van der Waals surface area contributed by atoms with Crippen LogP contribution < -0.4 is 14.8 Å². The molecular weight excluding hydrogens is 326 g/mol. The molecular formula is C17H19N3O5. The number of ether oxygens (including phenoxy) is 3. The van der Waals surface area contributed by atoms with Crippen molar-refractivity contribution in [1.29, 1.82) is 0 Å². The van der Waals surface area contributed by atoms with E-state index in [-0.39, 0.29) is 18.7 Å². The van der Waals surface area contributed by atoms with Gasteiger partial charge in [-0.15, -0.1) is 0 Å². The quantitative estimate of drug-likeness (QED) is 0.807. The second-order valence-electron chi connectivity index (χ2n) is 5.60. The van der Waals surface area contributed by atoms with Crippen molar-refractivity contribution in [3.63, 3.8) is 0 Å². The van der Waals surface area contributed by atoms with E-state index < -0.39 is 0 Å². The van der Waals surface area contributed by atoms with E-state index in [4.69, 9.17) is 9.47 Å². The Hall–Kier alpha value is -3.03. The number of esters is 1. The highest BCUT2D eigenvalue weighted by Crippen LogP contribution is 2.32. The second kappa shape index (κ2) is 7.25. The second-order valence-corrected chi connectivity index (χ2v) is 5.60. The van der Waals surface area contributed by atoms with Gasteiger partial charge in [0.1, 0.15) is 0 Å². The third-order valence-corrected chi connectivity index (χ3v) is 3.84. The summed E-state index contributed by atoms with van der Waals surface area (Å²) in [7, 11) is 1.37. The molecule has 0 saturated heterocycles. The number of fused-ring (bicyclic) bond motifs is 1. The molecule has 0 spiro atoms. The minimum Gasteiger partial charge on any atom is -0.469 e. The Labute approximate surface area is 144 Å². The van der Waals surface area contributed by atoms with E-state index in [2.05, 4.69) is 15.2 Å². The van der Waals surface area contributed by atoms with Crippen molar-refractivity contribution in [2.75, 3.05) is 19.2 Å². The van der Waals surface area contributed by atoms with E-state index in [1.807, 2.05) is 6.92 Å². The molecule has 1 aliphatic rings. The van der Waals surface area contributed by atoms with Gasteiger partial charge in [-0.2, -0.15) is 5.10 Å². The number of nitrogens with one attached hydrogen (secondary N) is 1. The molecule has 1 amide bonds. The van der Waals surface area contributed by atoms with Crippen LogP contribution in [0.25, 0.3) is 0 Å². The number of benzene rings is 1. The molecule has 0 atom stereocenters. The lowest BCUT2D eigenvalue weighted by Crippen LogP contribution is -2.13. The standard InChI is InChI=1S/C17H19N3O5/c1-11-8-15(19-20(11)7-3-4-16(21)23-2)18-17(22)12-5-6-13-14(9-12)25-10-24-13/h5-6,8-9H,3-4,7,10H2,1-2H3,(H,18,19,22). The van der Waals surface area contributed by atoms with Crippen molar-refractivity contribution in [1.82, 2.24) is 9.78 Å². The van der Waals surface area contributed by atoms with Crippen LogP contribution in [0.1, 0.15) is 28.9 Å². The Bertz CT molecular complexity index is 800. The summed E-state index contributed by atoms with van der Waals surface area (Å²) < 4.78 is 16.9. The lowest BCUT2D eigenvalue weighted by atomic mass is 10.2. The summed E-state index contributed by atoms with van der Waals surface area (Å²) in [5.74, 6) is 1.11. The average molecular weight is 345 g/mol. The SMILES string of the molecule is COC(=O)CCCn1nc(NC(=O)c2ccc3c(c2)OCO3)cc1C. The van der Waals surface area contributed by atoms with Gasteiger partial charge in [0.2, 0.25) is 6.79 Å². The molecule has 1 aliphatic heterocycles. The molecule has 25 heavy (non-hydrogen) atoms. The highest BCUT2D eigenvalue weighted by molar-refractivity contribution is 6.04. The van der Waals surface area contributed by atoms with Gasteiger partial charge in [-0.05, 0) is 31.5 Å². The van der Waals surface area contributed by atoms with Crippen LogP contribution in [0.4, 0.5) is 5.82 Å². The number of carbonyl (C=O) groups excluding carboxylic acids is 2. The topological polar surface area (TPSA) is 91.7 Å². The third kappa shape index (κ3) is 3.90. The van der Waals surface area contributed by atoms with Crippen LogP contribution in [0.2, 0.25) is 0 Å². The molecule has 8 nitrogen and oxygen atoms in total. The van der Waals surface area contributed by atoms with Gasteiger partial charge in [0.15, 0.2) is 17.3 Å². The fourth-order valence-electron chi connectivity index (χ4n) is 2.50. The normalized spacial score (nSPS) is 12.1. The van der Waals surface area contributed by atoms with Crippen molar-refractivity contribution in [3.05, 3.63) is 35.5 Å². The van der Waals surface area contributed by atoms with Gasteiger partial charge in [-0.1, -0.05) is 0 Å². The van der Waals surface area contributed by atoms with E-state index >= 15 is 0 Å². The number of carbonyl (C=O) groups is 2. The van der Waals surface area contributed by atoms with Crippen molar-refractivity contribution < 1.29 is 23.8 Å². The maximum Gasteiger partial charge on any atom is 0.305 e. The number of methoxy groups -OCH3 is 1. The average Bonchev–Trinajstić information content (AvgIpc) is 3.20. The molecule has 2 aromatic rings. The molecule has 0 aliphatic carbocycles. The molecule has 1 aromatic carbocycles. The third-order valence-electron chi connectivity index (χ3n) is 3.84. The summed E-state index contributed by atoms with van der Waals surface area (Å²) in [4.78, 5) is 23.5. The van der Waals surface area contributed by atoms with E-state index in [0.717, 1.165) is 5.69 Å². The molecule has 0 fully saturated rings. The monoisotopic (exact) mass is 345 g/mol. The van der Waals surface area contributed by atoms with E-state index in [1.165, 1.54) is 7.11 Å². The first-order chi connectivity index (χ1) is 12.1. The molecule has 0 radical (unpaired) electrons. The van der Waals surface area contributed by atoms with E-state index in [9.17, 15) is 9.59 Å². The van der Waals surface area contributed by atoms with E-state index in [0.29, 0.717) is 42.3 Å². The zero-order valence-corrected chi connectivity index (χ0v) is 14.1. The fourth-order valence-corrected chi connectivity index (χ4v) is 2.50. The van der Waals surface area contributed by atoms with Crippen LogP contribution >= 0.6 is 0 Å². The summed E-state index contributed by atoms with van der Waals surface area (Å²) in [6.07, 6.45) is 0.944. The number of hydrogen-bond acceptors (Lipinski definition) is 6. The molecule has 3 rings (SSSR count). The largest absolute Gasteiger partial charge is 0.469 e. The minimum absolute atomic E-state index is 0.162. The van der Waals surface area contributed by atoms with Crippen LogP contribution in [0.5, 0.6) is 11.5 Å². The van der Waals surface area contributed by atoms with Gasteiger partial charge in [0, 0.05) is 30.3 Å². The number of hydrogen-bond donors (Lipinski definition) is 1. The van der Waals surface area contributed by atoms with Gasteiger partial charge < -0.3 is 19.5 Å². The predicted molar refractivity (Wildman–Crippen MR) is 88.7 cm³/mol. The summed E-state index contributed by atoms with van der Waals surface area (Å²) in [6, 6.07) is 6.79. The van der Waals surface area contributed by atoms with Crippen LogP contribution in [-0.2, 0) is 16.1 Å². The zero-order valence-electron chi connectivity index (χ0n) is 14.1. The van der Waals surface area contributed by atoms with Crippen molar-refractivity contribution in [3.8, 4) is 11.5 Å². The molecule has 1 N–H and O–H groups in total. The predicted octanol–water partition coefficient (Wildman–Crippen LogP) is 2.13. The highest BCUT2D eigenvalue weighted by atomic mass is 16.7. The Morgan fingerprint density at radius 2 is 2.08 bits per heavy atom. The number of rotatable bonds is 6. The molecule has 0 unspecified atom stereocenters. The van der Waals surface area contributed by atoms with Crippen LogP contribution in [-0.4, -0.2) is 35.6 Å². The number of nitrogens with zero attached hydrogens (tertiary/aromatic N) is 2. The maximum atomic E-state index is 12.4. The number of aromatic nitrogens is 2. The molecule has 2 heterocycles. The number of aryl methyl sites for hydroxylation is 2. The van der Waals surface area contributed by atoms with Crippen LogP contribution in [0, 0.1) is 6.92 Å². The smallest absolute Gasteiger partial charge is 0.305 e. The molecule has 132 valence electrons. The highest BCUT2D eigenvalue weighted by Gasteiger charge is 2.17. The van der Waals surface area contributed by atoms with Crippen LogP contribution in [0.15, 0.2) is 24.3 Å². The number of anilines is 1. The van der Waals surface area contributed by atoms with E-state index in [1.54, 1.807) is 28.9 Å². The maximum absolute atomic E-state index is 12.4. The Morgan fingerprint density at radius 3 is 2.88 bits per heavy atom. The Kier molecular flexibility index (Phi) is 4.87. The zero-order chi connectivity index (χ0) is 17.8. The summed E-state index contributed by atoms with van der Waals surface area (Å²) in [5, 5.41) is 7.11.